The van der Waals surface area contributed by atoms with Crippen molar-refractivity contribution in [1.82, 2.24) is 24.6 Å². The number of likely N-dealkylation sites (tertiary alicyclic amines) is 1. The van der Waals surface area contributed by atoms with Gasteiger partial charge in [-0.05, 0) is 43.7 Å². The lowest BCUT2D eigenvalue weighted by Gasteiger charge is -2.32. The van der Waals surface area contributed by atoms with E-state index in [0.29, 0.717) is 5.92 Å². The number of piperidine rings is 1. The summed E-state index contributed by atoms with van der Waals surface area (Å²) < 4.78 is 2.22. The molecule has 4 rings (SSSR count). The van der Waals surface area contributed by atoms with E-state index in [1.165, 1.54) is 5.56 Å². The Labute approximate surface area is 165 Å². The quantitative estimate of drug-likeness (QED) is 0.793. The number of hydrogen-bond acceptors (Lipinski definition) is 4. The molecule has 144 valence electrons. The van der Waals surface area contributed by atoms with Crippen LogP contribution in [0.15, 0.2) is 18.2 Å². The Morgan fingerprint density at radius 1 is 1.19 bits per heavy atom. The van der Waals surface area contributed by atoms with Gasteiger partial charge < -0.3 is 4.90 Å². The van der Waals surface area contributed by atoms with Crippen LogP contribution in [0.2, 0.25) is 5.02 Å². The Balaban J connectivity index is 1.65. The van der Waals surface area contributed by atoms with Crippen molar-refractivity contribution in [2.24, 2.45) is 5.92 Å². The van der Waals surface area contributed by atoms with Crippen LogP contribution >= 0.6 is 11.6 Å². The van der Waals surface area contributed by atoms with E-state index < -0.39 is 0 Å². The minimum Gasteiger partial charge on any atom is -0.342 e. The molecule has 6 nitrogen and oxygen atoms in total. The maximum Gasteiger partial charge on any atom is 0.225 e. The topological polar surface area (TPSA) is 54.3 Å². The van der Waals surface area contributed by atoms with Crippen molar-refractivity contribution in [2.75, 3.05) is 20.1 Å². The molecule has 1 amide bonds. The summed E-state index contributed by atoms with van der Waals surface area (Å²) >= 11 is 6.24. The first kappa shape index (κ1) is 18.4. The molecule has 0 atom stereocenters. The van der Waals surface area contributed by atoms with Crippen molar-refractivity contribution in [2.45, 2.75) is 45.7 Å². The van der Waals surface area contributed by atoms with Gasteiger partial charge in [-0.3, -0.25) is 14.3 Å². The second-order valence-corrected chi connectivity index (χ2v) is 8.45. The van der Waals surface area contributed by atoms with Gasteiger partial charge in [-0.15, -0.1) is 10.2 Å². The summed E-state index contributed by atoms with van der Waals surface area (Å²) in [6, 6.07) is 6.05. The van der Waals surface area contributed by atoms with Gasteiger partial charge in [0, 0.05) is 36.5 Å². The van der Waals surface area contributed by atoms with Gasteiger partial charge in [-0.2, -0.15) is 0 Å². The van der Waals surface area contributed by atoms with E-state index in [9.17, 15) is 4.79 Å². The normalized spacial score (nSPS) is 18.3. The summed E-state index contributed by atoms with van der Waals surface area (Å²) in [4.78, 5) is 16.5. The third-order valence-electron chi connectivity index (χ3n) is 5.55. The Morgan fingerprint density at radius 3 is 2.63 bits per heavy atom. The van der Waals surface area contributed by atoms with Gasteiger partial charge in [0.25, 0.3) is 0 Å². The number of nitrogens with zero attached hydrogens (tertiary/aromatic N) is 5. The van der Waals surface area contributed by atoms with Gasteiger partial charge in [0.05, 0.1) is 12.2 Å². The molecule has 2 aromatic rings. The molecule has 3 heterocycles. The summed E-state index contributed by atoms with van der Waals surface area (Å²) in [6.45, 7) is 7.09. The van der Waals surface area contributed by atoms with Gasteiger partial charge in [0.2, 0.25) is 5.91 Å². The smallest absolute Gasteiger partial charge is 0.225 e. The molecule has 1 aromatic heterocycles. The zero-order chi connectivity index (χ0) is 19.1. The first-order chi connectivity index (χ1) is 12.9. The number of hydrogen-bond donors (Lipinski definition) is 0. The maximum absolute atomic E-state index is 12.3. The van der Waals surface area contributed by atoms with Crippen molar-refractivity contribution in [1.29, 1.82) is 0 Å². The molecule has 0 unspecified atom stereocenters. The minimum atomic E-state index is 0.0538. The molecule has 2 aliphatic rings. The number of carbonyl (C=O) groups is 1. The van der Waals surface area contributed by atoms with Crippen molar-refractivity contribution in [3.05, 3.63) is 40.4 Å². The molecule has 0 saturated carbocycles. The monoisotopic (exact) mass is 387 g/mol. The first-order valence-corrected chi connectivity index (χ1v) is 10.0. The lowest BCUT2D eigenvalue weighted by atomic mass is 9.95. The fourth-order valence-electron chi connectivity index (χ4n) is 4.17. The highest BCUT2D eigenvalue weighted by Gasteiger charge is 2.31. The van der Waals surface area contributed by atoms with Crippen LogP contribution in [0.1, 0.15) is 49.8 Å². The van der Waals surface area contributed by atoms with Crippen molar-refractivity contribution in [3.8, 4) is 5.69 Å². The lowest BCUT2D eigenvalue weighted by molar-refractivity contribution is -0.135. The number of aromatic nitrogens is 3. The Hall–Kier alpha value is -1.92. The zero-order valence-electron chi connectivity index (χ0n) is 16.2. The highest BCUT2D eigenvalue weighted by atomic mass is 35.5. The first-order valence-electron chi connectivity index (χ1n) is 9.64. The average molecular weight is 388 g/mol. The van der Waals surface area contributed by atoms with Crippen LogP contribution in [-0.4, -0.2) is 50.6 Å². The van der Waals surface area contributed by atoms with Gasteiger partial charge >= 0.3 is 0 Å². The molecule has 0 aliphatic carbocycles. The highest BCUT2D eigenvalue weighted by Crippen LogP contribution is 2.33. The Bertz CT molecular complexity index is 854. The van der Waals surface area contributed by atoms with E-state index in [2.05, 4.69) is 32.8 Å². The van der Waals surface area contributed by atoms with Crippen molar-refractivity contribution in [3.63, 3.8) is 0 Å². The van der Waals surface area contributed by atoms with E-state index in [0.717, 1.165) is 61.4 Å². The SMILES string of the molecule is CC(C)C(=O)N1CCC(c2nnc3n2-c2ccc(Cl)cc2CN(C)C3)CC1. The van der Waals surface area contributed by atoms with E-state index in [1.54, 1.807) is 0 Å². The van der Waals surface area contributed by atoms with Gasteiger partial charge in [0.15, 0.2) is 5.82 Å². The molecule has 1 saturated heterocycles. The number of rotatable bonds is 2. The predicted molar refractivity (Wildman–Crippen MR) is 105 cm³/mol. The molecule has 0 radical (unpaired) electrons. The van der Waals surface area contributed by atoms with Crippen LogP contribution in [0.5, 0.6) is 0 Å². The molecule has 0 N–H and O–H groups in total. The molecular weight excluding hydrogens is 362 g/mol. The second kappa shape index (κ2) is 7.24. The summed E-state index contributed by atoms with van der Waals surface area (Å²) in [6.07, 6.45) is 1.85. The standard InChI is InChI=1S/C20H26ClN5O/c1-13(2)20(27)25-8-6-14(7-9-25)19-23-22-18-12-24(3)11-15-10-16(21)4-5-17(15)26(18)19/h4-5,10,13-14H,6-9,11-12H2,1-3H3. The molecule has 0 bridgehead atoms. The summed E-state index contributed by atoms with van der Waals surface area (Å²) in [7, 11) is 2.09. The molecule has 7 heteroatoms. The number of carbonyl (C=O) groups excluding carboxylic acids is 1. The highest BCUT2D eigenvalue weighted by molar-refractivity contribution is 6.30. The molecule has 27 heavy (non-hydrogen) atoms. The zero-order valence-corrected chi connectivity index (χ0v) is 16.9. The van der Waals surface area contributed by atoms with E-state index in [1.807, 2.05) is 30.9 Å². The van der Waals surface area contributed by atoms with Crippen LogP contribution in [0, 0.1) is 5.92 Å². The molecular formula is C20H26ClN5O. The largest absolute Gasteiger partial charge is 0.342 e. The maximum atomic E-state index is 12.3. The number of amides is 1. The molecule has 0 spiro atoms. The molecule has 1 fully saturated rings. The Morgan fingerprint density at radius 2 is 1.93 bits per heavy atom. The van der Waals surface area contributed by atoms with E-state index in [4.69, 9.17) is 11.6 Å². The van der Waals surface area contributed by atoms with Crippen molar-refractivity contribution >= 4 is 17.5 Å². The minimum absolute atomic E-state index is 0.0538. The molecule has 2 aliphatic heterocycles. The Kier molecular flexibility index (Phi) is 4.95. The van der Waals surface area contributed by atoms with E-state index in [-0.39, 0.29) is 11.8 Å². The van der Waals surface area contributed by atoms with Crippen LogP contribution in [0.25, 0.3) is 5.69 Å². The third-order valence-corrected chi connectivity index (χ3v) is 5.79. The summed E-state index contributed by atoms with van der Waals surface area (Å²) in [5.74, 6) is 2.59. The van der Waals surface area contributed by atoms with Gasteiger partial charge in [0.1, 0.15) is 5.82 Å². The van der Waals surface area contributed by atoms with Gasteiger partial charge in [-0.1, -0.05) is 25.4 Å². The van der Waals surface area contributed by atoms with Crippen LogP contribution < -0.4 is 0 Å². The van der Waals surface area contributed by atoms with Crippen LogP contribution in [0.4, 0.5) is 0 Å². The predicted octanol–water partition coefficient (Wildman–Crippen LogP) is 3.23. The third kappa shape index (κ3) is 3.48. The van der Waals surface area contributed by atoms with Crippen molar-refractivity contribution < 1.29 is 4.79 Å². The average Bonchev–Trinajstić information content (AvgIpc) is 2.98. The number of fused-ring (bicyclic) bond motifs is 3. The fraction of sp³-hybridized carbons (Fsp3) is 0.550. The second-order valence-electron chi connectivity index (χ2n) is 8.01. The van der Waals surface area contributed by atoms with Gasteiger partial charge in [-0.25, -0.2) is 0 Å². The van der Waals surface area contributed by atoms with E-state index >= 15 is 0 Å². The van der Waals surface area contributed by atoms with Crippen LogP contribution in [-0.2, 0) is 17.9 Å². The molecule has 1 aromatic carbocycles. The summed E-state index contributed by atoms with van der Waals surface area (Å²) in [5, 5.41) is 9.83. The summed E-state index contributed by atoms with van der Waals surface area (Å²) in [5.41, 5.74) is 2.32. The number of halogens is 1. The lowest BCUT2D eigenvalue weighted by Crippen LogP contribution is -2.40. The fourth-order valence-corrected chi connectivity index (χ4v) is 4.36. The number of benzene rings is 1. The van der Waals surface area contributed by atoms with Crippen LogP contribution in [0.3, 0.4) is 0 Å².